The van der Waals surface area contributed by atoms with Gasteiger partial charge < -0.3 is 0 Å². The fraction of sp³-hybridized carbons (Fsp3) is 0. The average molecular weight is 1310 g/mol. The van der Waals surface area contributed by atoms with Crippen LogP contribution in [0, 0.1) is 0 Å². The standard InChI is InChI=1S/C24H12N6.4C12H8N2.2Ru/c1-5-13-17(25-9-1)18-14(6-2-10-26-18)22-21(13)29-23-15-7-3-11-27-19(15)20-16(24(23)30-22)8-4-12-28-20;4*1-3-9-5-6-10-4-2-8-14-12(10)11(9)13-7-1;;/h1-12H;4*1-8H;;. The summed E-state index contributed by atoms with van der Waals surface area (Å²) in [5, 5.41) is 12.9. The molecule has 0 unspecified atom stereocenters. The van der Waals surface area contributed by atoms with E-state index in [9.17, 15) is 0 Å². The van der Waals surface area contributed by atoms with Gasteiger partial charge in [0.2, 0.25) is 0 Å². The van der Waals surface area contributed by atoms with E-state index in [0.717, 1.165) is 153 Å². The Morgan fingerprint density at radius 1 is 0.136 bits per heavy atom. The Bertz CT molecular complexity index is 4880. The number of nitrogens with zero attached hydrogens (tertiary/aromatic N) is 14. The van der Waals surface area contributed by atoms with Crippen molar-refractivity contribution in [1.29, 1.82) is 0 Å². The summed E-state index contributed by atoms with van der Waals surface area (Å²) < 4.78 is 0. The molecule has 19 rings (SSSR count). The molecule has 0 aliphatic rings. The molecular formula is C72H44N14Ru2. The number of hydrogen-bond donors (Lipinski definition) is 0. The fourth-order valence-corrected chi connectivity index (χ4v) is 11.0. The molecule has 0 bridgehead atoms. The van der Waals surface area contributed by atoms with Crippen molar-refractivity contribution >= 4 is 153 Å². The molecule has 418 valence electrons. The molecule has 0 saturated heterocycles. The van der Waals surface area contributed by atoms with Gasteiger partial charge in [-0.15, -0.1) is 0 Å². The zero-order valence-corrected chi connectivity index (χ0v) is 49.8. The first kappa shape index (κ1) is 56.2. The molecule has 0 aliphatic carbocycles. The van der Waals surface area contributed by atoms with Gasteiger partial charge in [0.15, 0.2) is 0 Å². The molecular weight excluding hydrogens is 1260 g/mol. The van der Waals surface area contributed by atoms with Crippen LogP contribution in [0.5, 0.6) is 0 Å². The van der Waals surface area contributed by atoms with E-state index in [1.807, 2.05) is 97.1 Å². The SMILES string of the molecule is [Ru].[Ru].c1cnc2c(c1)c1nc3c4cccnc4c4ncccc4c3nc1c1cccnc12.c1cnc2c(c1)ccc1cccnc12.c1cnc2c(c1)ccc1cccnc12.c1cnc2c(c1)ccc1cccnc12.c1cnc2c(c1)ccc1cccnc12. The predicted octanol–water partition coefficient (Wildman–Crippen LogP) is 16.1. The van der Waals surface area contributed by atoms with Gasteiger partial charge in [-0.05, 0) is 97.1 Å². The van der Waals surface area contributed by atoms with Crippen LogP contribution in [0.25, 0.3) is 153 Å². The first-order chi connectivity index (χ1) is 42.7. The van der Waals surface area contributed by atoms with E-state index >= 15 is 0 Å². The number of hydrogen-bond acceptors (Lipinski definition) is 14. The fourth-order valence-electron chi connectivity index (χ4n) is 11.0. The van der Waals surface area contributed by atoms with Gasteiger partial charge in [0.05, 0.1) is 88.3 Å². The second-order valence-corrected chi connectivity index (χ2v) is 20.1. The quantitative estimate of drug-likeness (QED) is 0.0794. The monoisotopic (exact) mass is 1310 g/mol. The topological polar surface area (TPSA) is 180 Å². The third kappa shape index (κ3) is 10.6. The molecule has 13 aromatic heterocycles. The molecule has 88 heavy (non-hydrogen) atoms. The summed E-state index contributed by atoms with van der Waals surface area (Å²) in [7, 11) is 0. The van der Waals surface area contributed by atoms with Gasteiger partial charge in [0, 0.05) is 178 Å². The maximum Gasteiger partial charge on any atom is 0.0996 e. The summed E-state index contributed by atoms with van der Waals surface area (Å²) in [6.45, 7) is 0. The molecule has 0 fully saturated rings. The maximum absolute atomic E-state index is 5.14. The number of rotatable bonds is 0. The van der Waals surface area contributed by atoms with E-state index in [2.05, 4.69) is 157 Å². The summed E-state index contributed by atoms with van der Waals surface area (Å²) in [5.74, 6) is 0. The molecule has 0 radical (unpaired) electrons. The van der Waals surface area contributed by atoms with Crippen LogP contribution in [-0.2, 0) is 39.0 Å². The van der Waals surface area contributed by atoms with Gasteiger partial charge in [-0.1, -0.05) is 97.1 Å². The van der Waals surface area contributed by atoms with Crippen molar-refractivity contribution in [3.63, 3.8) is 0 Å². The van der Waals surface area contributed by atoms with Crippen molar-refractivity contribution in [2.75, 3.05) is 0 Å². The Kier molecular flexibility index (Phi) is 16.0. The van der Waals surface area contributed by atoms with Crippen molar-refractivity contribution in [2.24, 2.45) is 0 Å². The van der Waals surface area contributed by atoms with Gasteiger partial charge in [-0.2, -0.15) is 0 Å². The minimum atomic E-state index is 0. The second kappa shape index (κ2) is 25.0. The number of fused-ring (bicyclic) bond motifs is 24. The smallest absolute Gasteiger partial charge is 0.0996 e. The van der Waals surface area contributed by atoms with Gasteiger partial charge in [-0.25, -0.2) is 9.97 Å². The molecule has 0 N–H and O–H groups in total. The zero-order chi connectivity index (χ0) is 57.2. The van der Waals surface area contributed by atoms with E-state index < -0.39 is 0 Å². The molecule has 0 atom stereocenters. The van der Waals surface area contributed by atoms with E-state index in [0.29, 0.717) is 0 Å². The van der Waals surface area contributed by atoms with Crippen molar-refractivity contribution in [1.82, 2.24) is 69.8 Å². The summed E-state index contributed by atoms with van der Waals surface area (Å²) in [4.78, 5) is 63.4. The third-order valence-electron chi connectivity index (χ3n) is 15.0. The predicted molar refractivity (Wildman–Crippen MR) is 346 cm³/mol. The molecule has 19 aromatic rings. The molecule has 16 heteroatoms. The van der Waals surface area contributed by atoms with Crippen LogP contribution in [0.3, 0.4) is 0 Å². The molecule has 14 nitrogen and oxygen atoms in total. The van der Waals surface area contributed by atoms with Gasteiger partial charge >= 0.3 is 0 Å². The second-order valence-electron chi connectivity index (χ2n) is 20.1. The number of aromatic nitrogens is 14. The van der Waals surface area contributed by atoms with Crippen LogP contribution in [0.1, 0.15) is 0 Å². The number of pyridine rings is 12. The molecule has 6 aromatic carbocycles. The molecule has 0 aliphatic heterocycles. The normalized spacial score (nSPS) is 11.0. The van der Waals surface area contributed by atoms with Crippen molar-refractivity contribution in [2.45, 2.75) is 0 Å². The molecule has 0 saturated carbocycles. The third-order valence-corrected chi connectivity index (χ3v) is 15.0. The Hall–Kier alpha value is -10.9. The minimum Gasteiger partial charge on any atom is -0.254 e. The van der Waals surface area contributed by atoms with Gasteiger partial charge in [-0.3, -0.25) is 59.8 Å². The van der Waals surface area contributed by atoms with Crippen LogP contribution >= 0.6 is 0 Å². The van der Waals surface area contributed by atoms with Crippen LogP contribution in [-0.4, -0.2) is 69.8 Å². The Morgan fingerprint density at radius 2 is 0.273 bits per heavy atom. The average Bonchev–Trinajstić information content (AvgIpc) is 0.771. The maximum atomic E-state index is 5.14. The molecule has 0 amide bonds. The minimum absolute atomic E-state index is 0. The van der Waals surface area contributed by atoms with Crippen LogP contribution in [0.4, 0.5) is 0 Å². The Morgan fingerprint density at radius 3 is 0.432 bits per heavy atom. The van der Waals surface area contributed by atoms with E-state index in [4.69, 9.17) is 9.97 Å². The first-order valence-electron chi connectivity index (χ1n) is 27.8. The van der Waals surface area contributed by atoms with Crippen molar-refractivity contribution in [3.05, 3.63) is 268 Å². The Balaban J connectivity index is 0.000000106. The van der Waals surface area contributed by atoms with Crippen LogP contribution in [0.15, 0.2) is 268 Å². The van der Waals surface area contributed by atoms with Crippen molar-refractivity contribution < 1.29 is 39.0 Å². The molecule has 13 heterocycles. The van der Waals surface area contributed by atoms with Gasteiger partial charge in [0.1, 0.15) is 0 Å². The molecule has 0 spiro atoms. The zero-order valence-electron chi connectivity index (χ0n) is 46.4. The summed E-state index contributed by atoms with van der Waals surface area (Å²) in [6, 6.07) is 64.4. The summed E-state index contributed by atoms with van der Waals surface area (Å²) in [6.07, 6.45) is 21.6. The van der Waals surface area contributed by atoms with Crippen LogP contribution in [0.2, 0.25) is 0 Å². The van der Waals surface area contributed by atoms with Crippen molar-refractivity contribution in [3.8, 4) is 0 Å². The summed E-state index contributed by atoms with van der Waals surface area (Å²) >= 11 is 0. The summed E-state index contributed by atoms with van der Waals surface area (Å²) in [5.41, 5.74) is 14.4. The first-order valence-corrected chi connectivity index (χ1v) is 27.8. The van der Waals surface area contributed by atoms with E-state index in [-0.39, 0.29) is 39.0 Å². The Labute approximate surface area is 526 Å². The van der Waals surface area contributed by atoms with Crippen LogP contribution < -0.4 is 0 Å². The number of benzene rings is 6. The van der Waals surface area contributed by atoms with Gasteiger partial charge in [0.25, 0.3) is 0 Å². The largest absolute Gasteiger partial charge is 0.254 e. The van der Waals surface area contributed by atoms with E-state index in [1.54, 1.807) is 74.4 Å². The van der Waals surface area contributed by atoms with E-state index in [1.165, 1.54) is 0 Å².